The van der Waals surface area contributed by atoms with E-state index in [1.54, 1.807) is 6.07 Å². The maximum atomic E-state index is 11.0. The van der Waals surface area contributed by atoms with E-state index in [-0.39, 0.29) is 6.61 Å². The van der Waals surface area contributed by atoms with E-state index < -0.39 is 5.60 Å². The maximum absolute atomic E-state index is 11.0. The normalized spacial score (nSPS) is 11.3. The zero-order valence-electron chi connectivity index (χ0n) is 13.9. The number of hydroxylamine groups is 2. The Hall–Kier alpha value is -2.34. The minimum Gasteiger partial charge on any atom is -0.474 e. The number of ether oxygens (including phenoxy) is 1. The molecule has 23 heavy (non-hydrogen) atoms. The molecule has 2 rings (SSSR count). The molecule has 0 aliphatic rings. The second-order valence-corrected chi connectivity index (χ2v) is 6.19. The number of aryl methyl sites for hydroxylation is 1. The van der Waals surface area contributed by atoms with Crippen LogP contribution in [0.5, 0.6) is 5.88 Å². The third-order valence-corrected chi connectivity index (χ3v) is 2.89. The largest absolute Gasteiger partial charge is 0.474 e. The predicted octanol–water partition coefficient (Wildman–Crippen LogP) is 3.22. The van der Waals surface area contributed by atoms with Crippen LogP contribution in [-0.2, 0) is 9.63 Å². The standard InChI is InChI=1S/C17H22N2O4/c1-13-5-7-14(8-6-13)15-11-16(18-22-15)21-10-9-19(12-20)23-17(2,3)4/h5-8,11-12H,9-10H2,1-4H3. The Bertz CT molecular complexity index is 629. The van der Waals surface area contributed by atoms with Crippen LogP contribution in [0, 0.1) is 6.92 Å². The number of carbonyl (C=O) groups is 1. The number of hydrogen-bond donors (Lipinski definition) is 0. The molecule has 0 saturated carbocycles. The number of benzene rings is 1. The molecule has 124 valence electrons. The van der Waals surface area contributed by atoms with Crippen molar-refractivity contribution in [2.45, 2.75) is 33.3 Å². The molecule has 0 N–H and O–H groups in total. The van der Waals surface area contributed by atoms with Gasteiger partial charge in [0.15, 0.2) is 5.76 Å². The second-order valence-electron chi connectivity index (χ2n) is 6.19. The van der Waals surface area contributed by atoms with Crippen molar-refractivity contribution in [3.63, 3.8) is 0 Å². The van der Waals surface area contributed by atoms with Crippen LogP contribution in [0.15, 0.2) is 34.9 Å². The van der Waals surface area contributed by atoms with Crippen LogP contribution in [0.1, 0.15) is 26.3 Å². The number of aromatic nitrogens is 1. The second kappa shape index (κ2) is 7.28. The molecular weight excluding hydrogens is 296 g/mol. The molecule has 0 spiro atoms. The molecule has 0 fully saturated rings. The lowest BCUT2D eigenvalue weighted by molar-refractivity contribution is -0.217. The number of carbonyl (C=O) groups excluding carboxylic acids is 1. The van der Waals surface area contributed by atoms with Crippen LogP contribution in [-0.4, -0.2) is 35.4 Å². The van der Waals surface area contributed by atoms with E-state index in [0.29, 0.717) is 24.6 Å². The Balaban J connectivity index is 1.87. The summed E-state index contributed by atoms with van der Waals surface area (Å²) in [6.45, 7) is 8.20. The summed E-state index contributed by atoms with van der Waals surface area (Å²) < 4.78 is 10.8. The van der Waals surface area contributed by atoms with Crippen LogP contribution in [0.4, 0.5) is 0 Å². The van der Waals surface area contributed by atoms with Crippen molar-refractivity contribution in [3.8, 4) is 17.2 Å². The van der Waals surface area contributed by atoms with Crippen LogP contribution in [0.3, 0.4) is 0 Å². The number of nitrogens with zero attached hydrogens (tertiary/aromatic N) is 2. The summed E-state index contributed by atoms with van der Waals surface area (Å²) >= 11 is 0. The number of hydrogen-bond acceptors (Lipinski definition) is 5. The molecule has 0 atom stereocenters. The van der Waals surface area contributed by atoms with Crippen LogP contribution < -0.4 is 4.74 Å². The average Bonchev–Trinajstić information content (AvgIpc) is 2.94. The highest BCUT2D eigenvalue weighted by Gasteiger charge is 2.16. The minimum atomic E-state index is -0.437. The third-order valence-electron chi connectivity index (χ3n) is 2.89. The van der Waals surface area contributed by atoms with Crippen molar-refractivity contribution in [1.29, 1.82) is 0 Å². The zero-order chi connectivity index (χ0) is 16.9. The smallest absolute Gasteiger partial charge is 0.254 e. The van der Waals surface area contributed by atoms with Gasteiger partial charge < -0.3 is 9.26 Å². The average molecular weight is 318 g/mol. The summed E-state index contributed by atoms with van der Waals surface area (Å²) in [5.41, 5.74) is 1.68. The molecular formula is C17H22N2O4. The van der Waals surface area contributed by atoms with Gasteiger partial charge in [0.2, 0.25) is 6.41 Å². The van der Waals surface area contributed by atoms with E-state index >= 15 is 0 Å². The lowest BCUT2D eigenvalue weighted by Crippen LogP contribution is -2.35. The van der Waals surface area contributed by atoms with Crippen LogP contribution in [0.2, 0.25) is 0 Å². The van der Waals surface area contributed by atoms with Gasteiger partial charge in [-0.2, -0.15) is 0 Å². The van der Waals surface area contributed by atoms with Gasteiger partial charge in [0, 0.05) is 11.6 Å². The molecule has 0 saturated heterocycles. The van der Waals surface area contributed by atoms with Crippen LogP contribution in [0.25, 0.3) is 11.3 Å². The van der Waals surface area contributed by atoms with Crippen molar-refractivity contribution in [2.75, 3.05) is 13.2 Å². The van der Waals surface area contributed by atoms with Crippen molar-refractivity contribution in [1.82, 2.24) is 10.2 Å². The first-order valence-electron chi connectivity index (χ1n) is 7.45. The van der Waals surface area contributed by atoms with E-state index in [0.717, 1.165) is 5.56 Å². The fourth-order valence-electron chi connectivity index (χ4n) is 1.89. The summed E-state index contributed by atoms with van der Waals surface area (Å²) in [7, 11) is 0. The van der Waals surface area contributed by atoms with Gasteiger partial charge in [-0.05, 0) is 32.9 Å². The topological polar surface area (TPSA) is 64.8 Å². The van der Waals surface area contributed by atoms with Crippen LogP contribution >= 0.6 is 0 Å². The van der Waals surface area contributed by atoms with E-state index in [1.807, 2.05) is 52.0 Å². The first-order valence-corrected chi connectivity index (χ1v) is 7.45. The van der Waals surface area contributed by atoms with Gasteiger partial charge >= 0.3 is 0 Å². The molecule has 0 unspecified atom stereocenters. The van der Waals surface area contributed by atoms with Gasteiger partial charge in [0.1, 0.15) is 6.61 Å². The molecule has 0 aliphatic heterocycles. The summed E-state index contributed by atoms with van der Waals surface area (Å²) in [5, 5.41) is 5.08. The van der Waals surface area contributed by atoms with E-state index in [2.05, 4.69) is 5.16 Å². The maximum Gasteiger partial charge on any atom is 0.254 e. The molecule has 1 aromatic carbocycles. The van der Waals surface area contributed by atoms with E-state index in [1.165, 1.54) is 10.6 Å². The summed E-state index contributed by atoms with van der Waals surface area (Å²) in [6, 6.07) is 9.66. The Kier molecular flexibility index (Phi) is 5.39. The molecule has 6 nitrogen and oxygen atoms in total. The summed E-state index contributed by atoms with van der Waals surface area (Å²) in [4.78, 5) is 16.4. The third kappa shape index (κ3) is 5.41. The highest BCUT2D eigenvalue weighted by Crippen LogP contribution is 2.23. The van der Waals surface area contributed by atoms with Gasteiger partial charge in [-0.25, -0.2) is 5.06 Å². The Morgan fingerprint density at radius 2 is 1.96 bits per heavy atom. The van der Waals surface area contributed by atoms with Gasteiger partial charge in [-0.3, -0.25) is 9.63 Å². The van der Waals surface area contributed by atoms with Crippen molar-refractivity contribution in [2.24, 2.45) is 0 Å². The first-order chi connectivity index (χ1) is 10.9. The summed E-state index contributed by atoms with van der Waals surface area (Å²) in [6.07, 6.45) is 0.634. The van der Waals surface area contributed by atoms with Gasteiger partial charge in [-0.15, -0.1) is 0 Å². The van der Waals surface area contributed by atoms with Gasteiger partial charge in [-0.1, -0.05) is 29.8 Å². The monoisotopic (exact) mass is 318 g/mol. The molecule has 6 heteroatoms. The molecule has 2 aromatic rings. The summed E-state index contributed by atoms with van der Waals surface area (Å²) in [5.74, 6) is 1.01. The Morgan fingerprint density at radius 1 is 1.26 bits per heavy atom. The van der Waals surface area contributed by atoms with E-state index in [4.69, 9.17) is 14.1 Å². The molecule has 0 radical (unpaired) electrons. The number of rotatable bonds is 7. The minimum absolute atomic E-state index is 0.259. The Morgan fingerprint density at radius 3 is 2.57 bits per heavy atom. The first kappa shape index (κ1) is 17.0. The Labute approximate surface area is 135 Å². The fourth-order valence-corrected chi connectivity index (χ4v) is 1.89. The number of amides is 1. The SMILES string of the molecule is Cc1ccc(-c2cc(OCCN(C=O)OC(C)(C)C)no2)cc1. The zero-order valence-corrected chi connectivity index (χ0v) is 13.9. The predicted molar refractivity (Wildman–Crippen MR) is 85.8 cm³/mol. The molecule has 1 heterocycles. The van der Waals surface area contributed by atoms with Crippen molar-refractivity contribution >= 4 is 6.41 Å². The quantitative estimate of drug-likeness (QED) is 0.579. The van der Waals surface area contributed by atoms with Gasteiger partial charge in [0.05, 0.1) is 12.1 Å². The van der Waals surface area contributed by atoms with E-state index in [9.17, 15) is 4.79 Å². The lowest BCUT2D eigenvalue weighted by atomic mass is 10.1. The lowest BCUT2D eigenvalue weighted by Gasteiger charge is -2.26. The molecule has 0 aliphatic carbocycles. The van der Waals surface area contributed by atoms with Crippen molar-refractivity contribution in [3.05, 3.63) is 35.9 Å². The highest BCUT2D eigenvalue weighted by molar-refractivity contribution is 5.58. The molecule has 1 amide bonds. The highest BCUT2D eigenvalue weighted by atomic mass is 16.7. The van der Waals surface area contributed by atoms with Crippen molar-refractivity contribution < 1.29 is 18.9 Å². The fraction of sp³-hybridized carbons (Fsp3) is 0.412. The molecule has 1 aromatic heterocycles. The van der Waals surface area contributed by atoms with Gasteiger partial charge in [0.25, 0.3) is 5.88 Å². The molecule has 0 bridgehead atoms.